The molecule has 2 aromatic rings. The molecule has 1 aromatic carbocycles. The molecule has 0 amide bonds. The van der Waals surface area contributed by atoms with Crippen LogP contribution in [0.25, 0.3) is 11.0 Å². The van der Waals surface area contributed by atoms with Crippen molar-refractivity contribution in [2.45, 2.75) is 31.7 Å². The van der Waals surface area contributed by atoms with Crippen LogP contribution >= 0.6 is 11.6 Å². The van der Waals surface area contributed by atoms with Crippen molar-refractivity contribution >= 4 is 22.6 Å². The van der Waals surface area contributed by atoms with Gasteiger partial charge in [-0.15, -0.1) is 11.6 Å². The number of fused-ring (bicyclic) bond motifs is 1. The maximum absolute atomic E-state index is 6.38. The van der Waals surface area contributed by atoms with Crippen molar-refractivity contribution in [2.75, 3.05) is 20.1 Å². The van der Waals surface area contributed by atoms with Crippen LogP contribution in [0, 0.1) is 5.92 Å². The number of benzene rings is 1. The Balaban J connectivity index is 2.11. The first-order chi connectivity index (χ1) is 9.58. The van der Waals surface area contributed by atoms with Gasteiger partial charge in [-0.1, -0.05) is 19.1 Å². The summed E-state index contributed by atoms with van der Waals surface area (Å²) in [5, 5.41) is -0.0609. The molecule has 1 fully saturated rings. The molecule has 2 heterocycles. The molecule has 3 atom stereocenters. The molecule has 0 aliphatic carbocycles. The Morgan fingerprint density at radius 2 is 2.10 bits per heavy atom. The SMILES string of the molecule is CC(Cl)c1nc2ccccc2n1C1CCN(C)CC1C. The maximum Gasteiger partial charge on any atom is 0.127 e. The van der Waals surface area contributed by atoms with E-state index in [9.17, 15) is 0 Å². The van der Waals surface area contributed by atoms with Crippen molar-refractivity contribution in [3.8, 4) is 0 Å². The van der Waals surface area contributed by atoms with Gasteiger partial charge in [0.2, 0.25) is 0 Å². The summed E-state index contributed by atoms with van der Waals surface area (Å²) in [5.74, 6) is 1.62. The lowest BCUT2D eigenvalue weighted by Gasteiger charge is -2.36. The fraction of sp³-hybridized carbons (Fsp3) is 0.562. The van der Waals surface area contributed by atoms with E-state index in [2.05, 4.69) is 41.6 Å². The average Bonchev–Trinajstić information content (AvgIpc) is 2.78. The van der Waals surface area contributed by atoms with Gasteiger partial charge in [0.1, 0.15) is 5.82 Å². The minimum absolute atomic E-state index is 0.0609. The Morgan fingerprint density at radius 3 is 2.80 bits per heavy atom. The molecule has 3 nitrogen and oxygen atoms in total. The molecule has 1 saturated heterocycles. The van der Waals surface area contributed by atoms with Crippen LogP contribution in [0.1, 0.15) is 37.5 Å². The van der Waals surface area contributed by atoms with Crippen LogP contribution in [-0.4, -0.2) is 34.6 Å². The summed E-state index contributed by atoms with van der Waals surface area (Å²) in [6, 6.07) is 8.86. The highest BCUT2D eigenvalue weighted by atomic mass is 35.5. The Kier molecular flexibility index (Phi) is 3.74. The van der Waals surface area contributed by atoms with Crippen LogP contribution < -0.4 is 0 Å². The van der Waals surface area contributed by atoms with Crippen LogP contribution in [0.2, 0.25) is 0 Å². The van der Waals surface area contributed by atoms with Gasteiger partial charge in [-0.3, -0.25) is 0 Å². The van der Waals surface area contributed by atoms with Crippen molar-refractivity contribution in [1.82, 2.24) is 14.5 Å². The number of para-hydroxylation sites is 2. The van der Waals surface area contributed by atoms with E-state index in [0.717, 1.165) is 30.9 Å². The molecule has 0 radical (unpaired) electrons. The second-order valence-electron chi connectivity index (χ2n) is 6.04. The molecule has 3 rings (SSSR count). The number of hydrogen-bond acceptors (Lipinski definition) is 2. The van der Waals surface area contributed by atoms with E-state index in [0.29, 0.717) is 12.0 Å². The number of rotatable bonds is 2. The lowest BCUT2D eigenvalue weighted by atomic mass is 9.93. The monoisotopic (exact) mass is 291 g/mol. The topological polar surface area (TPSA) is 21.1 Å². The Hall–Kier alpha value is -1.06. The number of nitrogens with zero attached hydrogens (tertiary/aromatic N) is 3. The average molecular weight is 292 g/mol. The summed E-state index contributed by atoms with van der Waals surface area (Å²) in [6.45, 7) is 6.61. The molecule has 1 aliphatic rings. The third-order valence-electron chi connectivity index (χ3n) is 4.37. The minimum Gasteiger partial charge on any atom is -0.323 e. The van der Waals surface area contributed by atoms with Crippen LogP contribution in [0.3, 0.4) is 0 Å². The Morgan fingerprint density at radius 1 is 1.35 bits per heavy atom. The van der Waals surface area contributed by atoms with Gasteiger partial charge in [0.25, 0.3) is 0 Å². The molecule has 20 heavy (non-hydrogen) atoms. The highest BCUT2D eigenvalue weighted by Gasteiger charge is 2.29. The lowest BCUT2D eigenvalue weighted by Crippen LogP contribution is -2.38. The van der Waals surface area contributed by atoms with E-state index in [1.165, 1.54) is 5.52 Å². The summed E-state index contributed by atoms with van der Waals surface area (Å²) in [5.41, 5.74) is 2.28. The summed E-state index contributed by atoms with van der Waals surface area (Å²) in [4.78, 5) is 7.17. The van der Waals surface area contributed by atoms with E-state index in [4.69, 9.17) is 16.6 Å². The van der Waals surface area contributed by atoms with Crippen LogP contribution in [0.15, 0.2) is 24.3 Å². The fourth-order valence-electron chi connectivity index (χ4n) is 3.42. The van der Waals surface area contributed by atoms with Gasteiger partial charge >= 0.3 is 0 Å². The molecule has 0 spiro atoms. The number of halogens is 1. The van der Waals surface area contributed by atoms with Gasteiger partial charge in [-0.05, 0) is 45.0 Å². The van der Waals surface area contributed by atoms with Crippen LogP contribution in [-0.2, 0) is 0 Å². The van der Waals surface area contributed by atoms with Crippen molar-refractivity contribution < 1.29 is 0 Å². The van der Waals surface area contributed by atoms with E-state index in [-0.39, 0.29) is 5.38 Å². The molecule has 0 N–H and O–H groups in total. The predicted octanol–water partition coefficient (Wildman–Crippen LogP) is 3.85. The Bertz CT molecular complexity index is 605. The highest BCUT2D eigenvalue weighted by molar-refractivity contribution is 6.20. The molecular weight excluding hydrogens is 270 g/mol. The highest BCUT2D eigenvalue weighted by Crippen LogP contribution is 2.35. The zero-order valence-corrected chi connectivity index (χ0v) is 13.1. The van der Waals surface area contributed by atoms with Crippen molar-refractivity contribution in [1.29, 1.82) is 0 Å². The first-order valence-electron chi connectivity index (χ1n) is 7.37. The van der Waals surface area contributed by atoms with Crippen LogP contribution in [0.4, 0.5) is 0 Å². The molecule has 108 valence electrons. The molecule has 0 bridgehead atoms. The van der Waals surface area contributed by atoms with Crippen molar-refractivity contribution in [2.24, 2.45) is 5.92 Å². The summed E-state index contributed by atoms with van der Waals surface area (Å²) >= 11 is 6.38. The third kappa shape index (κ3) is 2.33. The number of imidazole rings is 1. The fourth-order valence-corrected chi connectivity index (χ4v) is 3.57. The zero-order valence-electron chi connectivity index (χ0n) is 12.4. The standard InChI is InChI=1S/C16H22ClN3/c1-11-10-19(3)9-8-14(11)20-15-7-5-4-6-13(15)18-16(20)12(2)17/h4-7,11-12,14H,8-10H2,1-3H3. The number of hydrogen-bond donors (Lipinski definition) is 0. The summed E-state index contributed by atoms with van der Waals surface area (Å²) in [7, 11) is 2.20. The predicted molar refractivity (Wildman–Crippen MR) is 84.3 cm³/mol. The first-order valence-corrected chi connectivity index (χ1v) is 7.81. The molecule has 1 aliphatic heterocycles. The zero-order chi connectivity index (χ0) is 14.3. The molecule has 1 aromatic heterocycles. The number of alkyl halides is 1. The van der Waals surface area contributed by atoms with Gasteiger partial charge in [0, 0.05) is 12.6 Å². The number of piperidine rings is 1. The van der Waals surface area contributed by atoms with Gasteiger partial charge in [-0.25, -0.2) is 4.98 Å². The van der Waals surface area contributed by atoms with Gasteiger partial charge in [0.05, 0.1) is 16.4 Å². The normalized spacial score (nSPS) is 26.0. The molecule has 3 unspecified atom stereocenters. The minimum atomic E-state index is -0.0609. The first kappa shape index (κ1) is 13.9. The quantitative estimate of drug-likeness (QED) is 0.784. The van der Waals surface area contributed by atoms with Gasteiger partial charge in [-0.2, -0.15) is 0 Å². The Labute approximate surface area is 125 Å². The number of aromatic nitrogens is 2. The van der Waals surface area contributed by atoms with Crippen molar-refractivity contribution in [3.63, 3.8) is 0 Å². The second kappa shape index (κ2) is 5.38. The van der Waals surface area contributed by atoms with Gasteiger partial charge < -0.3 is 9.47 Å². The van der Waals surface area contributed by atoms with E-state index < -0.39 is 0 Å². The number of likely N-dealkylation sites (tertiary alicyclic amines) is 1. The van der Waals surface area contributed by atoms with Gasteiger partial charge in [0.15, 0.2) is 0 Å². The summed E-state index contributed by atoms with van der Waals surface area (Å²) in [6.07, 6.45) is 1.16. The van der Waals surface area contributed by atoms with Crippen molar-refractivity contribution in [3.05, 3.63) is 30.1 Å². The van der Waals surface area contributed by atoms with E-state index in [1.54, 1.807) is 0 Å². The van der Waals surface area contributed by atoms with E-state index in [1.807, 2.05) is 13.0 Å². The smallest absolute Gasteiger partial charge is 0.127 e. The summed E-state index contributed by atoms with van der Waals surface area (Å²) < 4.78 is 2.39. The molecular formula is C16H22ClN3. The molecule has 4 heteroatoms. The molecule has 0 saturated carbocycles. The lowest BCUT2D eigenvalue weighted by molar-refractivity contribution is 0.159. The third-order valence-corrected chi connectivity index (χ3v) is 4.57. The second-order valence-corrected chi connectivity index (χ2v) is 6.69. The maximum atomic E-state index is 6.38. The van der Waals surface area contributed by atoms with E-state index >= 15 is 0 Å². The largest absolute Gasteiger partial charge is 0.323 e. The van der Waals surface area contributed by atoms with Crippen LogP contribution in [0.5, 0.6) is 0 Å².